The lowest BCUT2D eigenvalue weighted by Crippen LogP contribution is -2.75. The third-order valence-electron chi connectivity index (χ3n) is 9.04. The number of ether oxygens (including phenoxy) is 1. The molecule has 0 fully saturated rings. The van der Waals surface area contributed by atoms with E-state index < -0.39 is 5.66 Å². The zero-order valence-electron chi connectivity index (χ0n) is 20.0. The molecular weight excluding hydrogens is 470 g/mol. The molecule has 0 amide bonds. The van der Waals surface area contributed by atoms with Crippen LogP contribution in [0.25, 0.3) is 54.9 Å². The number of rotatable bonds is 0. The van der Waals surface area contributed by atoms with Crippen LogP contribution in [0.15, 0.2) is 104 Å². The van der Waals surface area contributed by atoms with Gasteiger partial charge in [0.1, 0.15) is 40.5 Å². The fourth-order valence-electron chi connectivity index (χ4n) is 7.79. The number of imidazole rings is 1. The van der Waals surface area contributed by atoms with Crippen molar-refractivity contribution < 1.29 is 13.9 Å². The minimum absolute atomic E-state index is 0.620. The van der Waals surface area contributed by atoms with E-state index in [0.717, 1.165) is 28.5 Å². The van der Waals surface area contributed by atoms with Crippen molar-refractivity contribution in [1.29, 1.82) is 0 Å². The van der Waals surface area contributed by atoms with Gasteiger partial charge in [-0.25, -0.2) is 0 Å². The Labute approximate surface area is 214 Å². The van der Waals surface area contributed by atoms with Crippen LogP contribution in [0.3, 0.4) is 0 Å². The molecule has 0 radical (unpaired) electrons. The zero-order valence-corrected chi connectivity index (χ0v) is 20.0. The molecule has 1 atom stereocenters. The van der Waals surface area contributed by atoms with Gasteiger partial charge in [-0.15, -0.1) is 0 Å². The fourth-order valence-corrected chi connectivity index (χ4v) is 7.79. The van der Waals surface area contributed by atoms with Crippen molar-refractivity contribution in [3.63, 3.8) is 0 Å². The van der Waals surface area contributed by atoms with Crippen molar-refractivity contribution in [2.45, 2.75) is 5.66 Å². The molecule has 1 unspecified atom stereocenters. The summed E-state index contributed by atoms with van der Waals surface area (Å²) in [6, 6.07) is 26.1. The second kappa shape index (κ2) is 5.53. The first-order valence-corrected chi connectivity index (χ1v) is 12.9. The maximum atomic E-state index is 6.79. The topological polar surface area (TPSA) is 39.2 Å². The minimum Gasteiger partial charge on any atom is -0.456 e. The monoisotopic (exact) mass is 487 g/mol. The molecule has 0 saturated carbocycles. The van der Waals surface area contributed by atoms with E-state index in [2.05, 4.69) is 114 Å². The number of para-hydroxylation sites is 1. The van der Waals surface area contributed by atoms with Crippen LogP contribution in [0, 0.1) is 0 Å². The smallest absolute Gasteiger partial charge is 0.318 e. The van der Waals surface area contributed by atoms with Crippen molar-refractivity contribution in [2.24, 2.45) is 0 Å². The lowest BCUT2D eigenvalue weighted by Gasteiger charge is -2.36. The molecule has 3 aliphatic heterocycles. The number of aromatic nitrogens is 5. The molecule has 6 nitrogen and oxygen atoms in total. The second-order valence-electron chi connectivity index (χ2n) is 10.5. The van der Waals surface area contributed by atoms with Crippen molar-refractivity contribution in [3.05, 3.63) is 115 Å². The molecule has 0 saturated heterocycles. The first-order chi connectivity index (χ1) is 18.9. The van der Waals surface area contributed by atoms with Gasteiger partial charge < -0.3 is 4.74 Å². The van der Waals surface area contributed by atoms with E-state index in [1.54, 1.807) is 0 Å². The van der Waals surface area contributed by atoms with Crippen molar-refractivity contribution in [3.8, 4) is 17.3 Å². The van der Waals surface area contributed by atoms with Crippen molar-refractivity contribution >= 4 is 49.1 Å². The number of nitrogens with zero attached hydrogens (tertiary/aromatic N) is 5. The molecule has 5 aromatic heterocycles. The molecule has 3 aliphatic rings. The fraction of sp³-hybridized carbons (Fsp3) is 0.0312. The van der Waals surface area contributed by atoms with Crippen LogP contribution in [0.5, 0.6) is 11.5 Å². The minimum atomic E-state index is -0.620. The summed E-state index contributed by atoms with van der Waals surface area (Å²) in [6.07, 6.45) is 10.5. The summed E-state index contributed by atoms with van der Waals surface area (Å²) in [5.74, 6) is 2.95. The summed E-state index contributed by atoms with van der Waals surface area (Å²) in [4.78, 5) is 4.49. The number of benzene rings is 3. The Kier molecular flexibility index (Phi) is 2.63. The highest BCUT2D eigenvalue weighted by molar-refractivity contribution is 6.15. The van der Waals surface area contributed by atoms with Gasteiger partial charge in [-0.2, -0.15) is 18.1 Å². The second-order valence-corrected chi connectivity index (χ2v) is 10.5. The summed E-state index contributed by atoms with van der Waals surface area (Å²) in [5, 5.41) is 6.15. The van der Waals surface area contributed by atoms with E-state index in [9.17, 15) is 0 Å². The molecule has 8 aromatic rings. The van der Waals surface area contributed by atoms with Gasteiger partial charge >= 0.3 is 5.66 Å². The number of hydrogen-bond donors (Lipinski definition) is 0. The van der Waals surface area contributed by atoms with Crippen LogP contribution in [0.4, 0.5) is 0 Å². The normalized spacial score (nSPS) is 17.8. The first-order valence-electron chi connectivity index (χ1n) is 12.9. The summed E-state index contributed by atoms with van der Waals surface area (Å²) < 4.78 is 16.4. The zero-order chi connectivity index (χ0) is 24.3. The molecule has 0 aliphatic carbocycles. The van der Waals surface area contributed by atoms with Crippen LogP contribution in [-0.4, -0.2) is 14.0 Å². The third-order valence-corrected chi connectivity index (χ3v) is 9.04. The van der Waals surface area contributed by atoms with Crippen LogP contribution in [0.2, 0.25) is 0 Å². The predicted molar refractivity (Wildman–Crippen MR) is 143 cm³/mol. The standard InChI is InChI=1S/C32H17N5O/c1-2-6-22-18(5-1)21-9-11-25-29-30(21)37(22)26-7-3-4-14-35(26)32(29)28-24(38-25)10-8-20-19-12-13-33-17-23(19)34-15-16-36(32)31(34)27(20)28/h1-17H/q+2. The lowest BCUT2D eigenvalue weighted by atomic mass is 9.83. The van der Waals surface area contributed by atoms with Gasteiger partial charge in [-0.1, -0.05) is 18.2 Å². The molecule has 1 spiro atoms. The quantitative estimate of drug-likeness (QED) is 0.214. The van der Waals surface area contributed by atoms with Crippen LogP contribution >= 0.6 is 0 Å². The Morgan fingerprint density at radius 1 is 0.711 bits per heavy atom. The molecule has 174 valence electrons. The number of hydrogen-bond acceptors (Lipinski definition) is 2. The molecular formula is C32H17N5O+2. The van der Waals surface area contributed by atoms with Gasteiger partial charge in [0, 0.05) is 33.8 Å². The van der Waals surface area contributed by atoms with Gasteiger partial charge in [0.05, 0.1) is 17.8 Å². The van der Waals surface area contributed by atoms with E-state index in [1.807, 2.05) is 12.4 Å². The largest absolute Gasteiger partial charge is 0.456 e. The van der Waals surface area contributed by atoms with Gasteiger partial charge in [0.2, 0.25) is 0 Å². The van der Waals surface area contributed by atoms with Gasteiger partial charge in [0.25, 0.3) is 11.5 Å². The summed E-state index contributed by atoms with van der Waals surface area (Å²) >= 11 is 0. The van der Waals surface area contributed by atoms with E-state index in [1.165, 1.54) is 49.1 Å². The van der Waals surface area contributed by atoms with Crippen LogP contribution in [0.1, 0.15) is 11.1 Å². The Hall–Kier alpha value is -5.23. The summed E-state index contributed by atoms with van der Waals surface area (Å²) in [6.45, 7) is 0. The maximum Gasteiger partial charge on any atom is 0.318 e. The van der Waals surface area contributed by atoms with E-state index >= 15 is 0 Å². The number of fused-ring (bicyclic) bond motifs is 8. The highest BCUT2D eigenvalue weighted by Crippen LogP contribution is 2.56. The molecule has 8 heterocycles. The van der Waals surface area contributed by atoms with Gasteiger partial charge in [-0.05, 0) is 48.5 Å². The SMILES string of the molecule is c1cc[n+]2c(c1)-n1c3ccccc3c3ccc4c(c31)C21c2c(ccc3c5ccncc5n5cc[n+]1c5c23)O4. The van der Waals surface area contributed by atoms with E-state index in [-0.39, 0.29) is 0 Å². The van der Waals surface area contributed by atoms with Gasteiger partial charge in [-0.3, -0.25) is 4.98 Å². The van der Waals surface area contributed by atoms with E-state index in [4.69, 9.17) is 4.74 Å². The van der Waals surface area contributed by atoms with E-state index in [0.29, 0.717) is 0 Å². The molecule has 11 rings (SSSR count). The predicted octanol–water partition coefficient (Wildman–Crippen LogP) is 5.34. The van der Waals surface area contributed by atoms with Crippen LogP contribution in [-0.2, 0) is 5.66 Å². The Balaban J connectivity index is 1.50. The molecule has 3 aromatic carbocycles. The maximum absolute atomic E-state index is 6.79. The Bertz CT molecular complexity index is 2450. The molecule has 6 heteroatoms. The first kappa shape index (κ1) is 18.1. The lowest BCUT2D eigenvalue weighted by molar-refractivity contribution is -0.956. The van der Waals surface area contributed by atoms with Gasteiger partial charge in [0.15, 0.2) is 11.0 Å². The third kappa shape index (κ3) is 1.59. The van der Waals surface area contributed by atoms with Crippen molar-refractivity contribution in [2.75, 3.05) is 0 Å². The average Bonchev–Trinajstić information content (AvgIpc) is 3.65. The molecule has 0 N–H and O–H groups in total. The number of pyridine rings is 3. The highest BCUT2D eigenvalue weighted by Gasteiger charge is 2.64. The summed E-state index contributed by atoms with van der Waals surface area (Å²) in [5.41, 5.74) is 6.45. The molecule has 0 bridgehead atoms. The summed E-state index contributed by atoms with van der Waals surface area (Å²) in [7, 11) is 0. The van der Waals surface area contributed by atoms with Crippen molar-refractivity contribution in [1.82, 2.24) is 14.0 Å². The Morgan fingerprint density at radius 2 is 1.55 bits per heavy atom. The molecule has 38 heavy (non-hydrogen) atoms. The Morgan fingerprint density at radius 3 is 2.53 bits per heavy atom. The van der Waals surface area contributed by atoms with Crippen LogP contribution < -0.4 is 13.9 Å². The highest BCUT2D eigenvalue weighted by atomic mass is 16.5. The average molecular weight is 488 g/mol.